The Bertz CT molecular complexity index is 1130. The van der Waals surface area contributed by atoms with Gasteiger partial charge in [-0.1, -0.05) is 18.2 Å². The van der Waals surface area contributed by atoms with E-state index in [0.717, 1.165) is 0 Å². The number of H-pyrrole nitrogens is 1. The average Bonchev–Trinajstić information content (AvgIpc) is 2.80. The molecule has 0 saturated carbocycles. The van der Waals surface area contributed by atoms with Crippen LogP contribution in [0.4, 0.5) is 0 Å². The largest absolute Gasteiger partial charge is 0.497 e. The number of piperazine rings is 1. The molecule has 0 spiro atoms. The number of aromatic amines is 1. The molecule has 1 fully saturated rings. The summed E-state index contributed by atoms with van der Waals surface area (Å²) in [4.78, 5) is 40.9. The van der Waals surface area contributed by atoms with Gasteiger partial charge in [-0.3, -0.25) is 14.4 Å². The van der Waals surface area contributed by atoms with Crippen LogP contribution in [-0.2, 0) is 11.2 Å². The van der Waals surface area contributed by atoms with Crippen LogP contribution in [0.5, 0.6) is 5.75 Å². The van der Waals surface area contributed by atoms with Gasteiger partial charge < -0.3 is 14.5 Å². The summed E-state index contributed by atoms with van der Waals surface area (Å²) in [6.07, 6.45) is 0.101. The predicted octanol–water partition coefficient (Wildman–Crippen LogP) is 1.46. The number of hydrogen-bond acceptors (Lipinski definition) is 5. The van der Waals surface area contributed by atoms with Crippen LogP contribution in [0.25, 0.3) is 10.8 Å². The van der Waals surface area contributed by atoms with Crippen molar-refractivity contribution in [2.75, 3.05) is 33.3 Å². The highest BCUT2D eigenvalue weighted by Gasteiger charge is 2.25. The Morgan fingerprint density at radius 3 is 2.27 bits per heavy atom. The van der Waals surface area contributed by atoms with Gasteiger partial charge in [-0.05, 0) is 30.3 Å². The topological polar surface area (TPSA) is 95.6 Å². The van der Waals surface area contributed by atoms with Gasteiger partial charge in [-0.15, -0.1) is 0 Å². The van der Waals surface area contributed by atoms with E-state index < -0.39 is 0 Å². The van der Waals surface area contributed by atoms with Gasteiger partial charge >= 0.3 is 0 Å². The molecule has 0 radical (unpaired) electrons. The van der Waals surface area contributed by atoms with Crippen molar-refractivity contribution >= 4 is 22.6 Å². The molecule has 1 aliphatic heterocycles. The number of benzene rings is 2. The van der Waals surface area contributed by atoms with Crippen LogP contribution in [0.1, 0.15) is 16.1 Å². The van der Waals surface area contributed by atoms with Crippen LogP contribution in [-0.4, -0.2) is 65.1 Å². The molecule has 154 valence electrons. The normalized spacial score (nSPS) is 14.0. The summed E-state index contributed by atoms with van der Waals surface area (Å²) < 4.78 is 5.12. The summed E-state index contributed by atoms with van der Waals surface area (Å²) in [5, 5.41) is 7.74. The van der Waals surface area contributed by atoms with Gasteiger partial charge in [0, 0.05) is 37.1 Å². The van der Waals surface area contributed by atoms with Gasteiger partial charge in [0.2, 0.25) is 5.91 Å². The van der Waals surface area contributed by atoms with Crippen molar-refractivity contribution in [2.24, 2.45) is 0 Å². The van der Waals surface area contributed by atoms with Crippen molar-refractivity contribution in [1.29, 1.82) is 0 Å². The van der Waals surface area contributed by atoms with Crippen LogP contribution in [0.2, 0.25) is 0 Å². The Hall–Kier alpha value is -3.68. The van der Waals surface area contributed by atoms with Gasteiger partial charge in [0.15, 0.2) is 0 Å². The summed E-state index contributed by atoms with van der Waals surface area (Å²) in [5.41, 5.74) is 0.874. The molecule has 1 aromatic heterocycles. The molecule has 4 rings (SSSR count). The molecule has 0 bridgehead atoms. The maximum Gasteiger partial charge on any atom is 0.272 e. The van der Waals surface area contributed by atoms with Crippen LogP contribution in [0, 0.1) is 0 Å². The molecule has 1 N–H and O–H groups in total. The van der Waals surface area contributed by atoms with E-state index >= 15 is 0 Å². The average molecular weight is 406 g/mol. The summed E-state index contributed by atoms with van der Waals surface area (Å²) in [5.74, 6) is 0.569. The fraction of sp³-hybridized carbons (Fsp3) is 0.273. The van der Waals surface area contributed by atoms with E-state index in [-0.39, 0.29) is 23.8 Å². The highest BCUT2D eigenvalue weighted by Crippen LogP contribution is 2.16. The van der Waals surface area contributed by atoms with E-state index in [0.29, 0.717) is 54.0 Å². The third-order valence-corrected chi connectivity index (χ3v) is 5.35. The first kappa shape index (κ1) is 19.6. The first-order chi connectivity index (χ1) is 14.6. The lowest BCUT2D eigenvalue weighted by molar-refractivity contribution is -0.132. The molecule has 8 heteroatoms. The van der Waals surface area contributed by atoms with E-state index in [2.05, 4.69) is 10.2 Å². The predicted molar refractivity (Wildman–Crippen MR) is 112 cm³/mol. The number of fused-ring (bicyclic) bond motifs is 1. The molecular formula is C22H22N4O4. The Balaban J connectivity index is 1.39. The van der Waals surface area contributed by atoms with E-state index in [4.69, 9.17) is 4.74 Å². The number of carbonyl (C=O) groups excluding carboxylic acids is 2. The summed E-state index contributed by atoms with van der Waals surface area (Å²) in [6, 6.07) is 14.1. The van der Waals surface area contributed by atoms with Crippen molar-refractivity contribution in [3.63, 3.8) is 0 Å². The van der Waals surface area contributed by atoms with Crippen molar-refractivity contribution in [3.05, 3.63) is 70.1 Å². The quantitative estimate of drug-likeness (QED) is 0.708. The Morgan fingerprint density at radius 2 is 1.60 bits per heavy atom. The van der Waals surface area contributed by atoms with Gasteiger partial charge in [0.1, 0.15) is 5.75 Å². The number of hydrogen-bond donors (Lipinski definition) is 1. The number of ether oxygens (including phenoxy) is 1. The molecule has 2 heterocycles. The third kappa shape index (κ3) is 3.89. The maximum absolute atomic E-state index is 12.8. The second-order valence-corrected chi connectivity index (χ2v) is 7.12. The zero-order chi connectivity index (χ0) is 21.1. The number of amides is 2. The van der Waals surface area contributed by atoms with Crippen LogP contribution < -0.4 is 10.3 Å². The molecule has 0 unspecified atom stereocenters. The van der Waals surface area contributed by atoms with Gasteiger partial charge in [-0.25, -0.2) is 5.10 Å². The zero-order valence-electron chi connectivity index (χ0n) is 16.6. The monoisotopic (exact) mass is 406 g/mol. The lowest BCUT2D eigenvalue weighted by Gasteiger charge is -2.35. The van der Waals surface area contributed by atoms with Crippen molar-refractivity contribution < 1.29 is 14.3 Å². The van der Waals surface area contributed by atoms with E-state index in [1.165, 1.54) is 0 Å². The minimum absolute atomic E-state index is 0.0574. The van der Waals surface area contributed by atoms with Crippen molar-refractivity contribution in [1.82, 2.24) is 20.0 Å². The Labute approximate surface area is 173 Å². The Kier molecular flexibility index (Phi) is 5.47. The van der Waals surface area contributed by atoms with Gasteiger partial charge in [0.05, 0.1) is 24.6 Å². The number of aromatic nitrogens is 2. The second kappa shape index (κ2) is 8.36. The van der Waals surface area contributed by atoms with Crippen LogP contribution in [0.3, 0.4) is 0 Å². The highest BCUT2D eigenvalue weighted by molar-refractivity contribution is 5.94. The number of nitrogens with one attached hydrogen (secondary N) is 1. The molecule has 30 heavy (non-hydrogen) atoms. The van der Waals surface area contributed by atoms with Gasteiger partial charge in [-0.2, -0.15) is 5.10 Å². The second-order valence-electron chi connectivity index (χ2n) is 7.12. The number of nitrogens with zero attached hydrogens (tertiary/aromatic N) is 3. The maximum atomic E-state index is 12.8. The summed E-state index contributed by atoms with van der Waals surface area (Å²) in [6.45, 7) is 1.86. The minimum atomic E-state index is -0.271. The van der Waals surface area contributed by atoms with E-state index in [1.54, 1.807) is 59.4 Å². The lowest BCUT2D eigenvalue weighted by atomic mass is 10.1. The number of rotatable bonds is 4. The fourth-order valence-corrected chi connectivity index (χ4v) is 3.64. The number of methoxy groups -OCH3 is 1. The van der Waals surface area contributed by atoms with Crippen LogP contribution >= 0.6 is 0 Å². The highest BCUT2D eigenvalue weighted by atomic mass is 16.5. The Morgan fingerprint density at radius 1 is 0.967 bits per heavy atom. The van der Waals surface area contributed by atoms with Crippen LogP contribution in [0.15, 0.2) is 53.3 Å². The molecule has 0 atom stereocenters. The van der Waals surface area contributed by atoms with Crippen molar-refractivity contribution in [2.45, 2.75) is 6.42 Å². The fourth-order valence-electron chi connectivity index (χ4n) is 3.64. The molecule has 1 saturated heterocycles. The third-order valence-electron chi connectivity index (χ3n) is 5.35. The molecule has 8 nitrogen and oxygen atoms in total. The minimum Gasteiger partial charge on any atom is -0.497 e. The van der Waals surface area contributed by atoms with Gasteiger partial charge in [0.25, 0.3) is 11.5 Å². The lowest BCUT2D eigenvalue weighted by Crippen LogP contribution is -2.51. The molecule has 0 aliphatic carbocycles. The molecule has 2 aromatic carbocycles. The molecule has 2 amide bonds. The summed E-state index contributed by atoms with van der Waals surface area (Å²) >= 11 is 0. The zero-order valence-corrected chi connectivity index (χ0v) is 16.6. The summed E-state index contributed by atoms with van der Waals surface area (Å²) in [7, 11) is 1.58. The molecular weight excluding hydrogens is 384 g/mol. The van der Waals surface area contributed by atoms with Crippen molar-refractivity contribution in [3.8, 4) is 5.75 Å². The standard InChI is InChI=1S/C22H22N4O4/c1-30-16-8-6-15(7-9-16)22(29)26-12-10-25(11-13-26)20(27)14-19-17-4-2-3-5-18(17)21(28)24-23-19/h2-9H,10-14H2,1H3,(H,24,28). The van der Waals surface area contributed by atoms with E-state index in [1.807, 2.05) is 6.07 Å². The smallest absolute Gasteiger partial charge is 0.272 e. The molecule has 1 aliphatic rings. The first-order valence-electron chi connectivity index (χ1n) is 9.74. The number of carbonyl (C=O) groups is 2. The van der Waals surface area contributed by atoms with E-state index in [9.17, 15) is 14.4 Å². The SMILES string of the molecule is COc1ccc(C(=O)N2CCN(C(=O)Cc3n[nH]c(=O)c4ccccc34)CC2)cc1. The first-order valence-corrected chi connectivity index (χ1v) is 9.74. The molecule has 3 aromatic rings.